The highest BCUT2D eigenvalue weighted by Gasteiger charge is 2.16. The standard InChI is InChI=1S/C23H20N2O2S/c1-16-12-17(2)14-19(13-16)23-21-11-7-6-8-18(21)15-22(24-23)25-28(26,27)20-9-4-3-5-10-20/h3-15H,1-2H3,(H,24,25). The summed E-state index contributed by atoms with van der Waals surface area (Å²) in [6.45, 7) is 4.08. The van der Waals surface area contributed by atoms with Gasteiger partial charge in [0.05, 0.1) is 10.6 Å². The van der Waals surface area contributed by atoms with Gasteiger partial charge in [-0.15, -0.1) is 0 Å². The Morgan fingerprint density at radius 3 is 2.14 bits per heavy atom. The molecule has 1 N–H and O–H groups in total. The Morgan fingerprint density at radius 1 is 0.786 bits per heavy atom. The van der Waals surface area contributed by atoms with Crippen LogP contribution in [0.4, 0.5) is 5.82 Å². The molecule has 4 nitrogen and oxygen atoms in total. The molecular formula is C23H20N2O2S. The molecule has 0 aliphatic carbocycles. The van der Waals surface area contributed by atoms with Gasteiger partial charge in [-0.2, -0.15) is 0 Å². The molecule has 0 aliphatic rings. The van der Waals surface area contributed by atoms with Crippen molar-refractivity contribution in [1.29, 1.82) is 0 Å². The van der Waals surface area contributed by atoms with Gasteiger partial charge in [0.1, 0.15) is 5.82 Å². The molecule has 140 valence electrons. The quantitative estimate of drug-likeness (QED) is 0.515. The minimum atomic E-state index is -3.71. The number of rotatable bonds is 4. The molecule has 1 heterocycles. The molecule has 0 amide bonds. The van der Waals surface area contributed by atoms with Gasteiger partial charge in [-0.05, 0) is 49.6 Å². The van der Waals surface area contributed by atoms with Crippen LogP contribution in [-0.4, -0.2) is 13.4 Å². The Morgan fingerprint density at radius 2 is 1.43 bits per heavy atom. The van der Waals surface area contributed by atoms with Gasteiger partial charge >= 0.3 is 0 Å². The molecule has 0 saturated heterocycles. The van der Waals surface area contributed by atoms with Crippen molar-refractivity contribution in [3.05, 3.63) is 90.0 Å². The molecule has 0 aliphatic heterocycles. The molecule has 3 aromatic carbocycles. The van der Waals surface area contributed by atoms with E-state index in [1.807, 2.05) is 38.1 Å². The molecule has 0 saturated carbocycles. The smallest absolute Gasteiger partial charge is 0.263 e. The molecule has 0 bridgehead atoms. The van der Waals surface area contributed by atoms with Gasteiger partial charge < -0.3 is 0 Å². The first-order chi connectivity index (χ1) is 13.4. The molecule has 0 fully saturated rings. The van der Waals surface area contributed by atoms with Gasteiger partial charge in [0, 0.05) is 10.9 Å². The predicted molar refractivity (Wildman–Crippen MR) is 114 cm³/mol. The summed E-state index contributed by atoms with van der Waals surface area (Å²) >= 11 is 0. The number of aromatic nitrogens is 1. The van der Waals surface area contributed by atoms with E-state index in [0.717, 1.165) is 33.2 Å². The first-order valence-electron chi connectivity index (χ1n) is 8.99. The third kappa shape index (κ3) is 3.62. The van der Waals surface area contributed by atoms with Crippen LogP contribution in [0.5, 0.6) is 0 Å². The van der Waals surface area contributed by atoms with E-state index in [9.17, 15) is 8.42 Å². The lowest BCUT2D eigenvalue weighted by Crippen LogP contribution is -2.14. The lowest BCUT2D eigenvalue weighted by Gasteiger charge is -2.13. The molecule has 28 heavy (non-hydrogen) atoms. The van der Waals surface area contributed by atoms with E-state index >= 15 is 0 Å². The summed E-state index contributed by atoms with van der Waals surface area (Å²) in [6.07, 6.45) is 0. The summed E-state index contributed by atoms with van der Waals surface area (Å²) in [6, 6.07) is 24.2. The number of anilines is 1. The van der Waals surface area contributed by atoms with Crippen LogP contribution in [0.2, 0.25) is 0 Å². The van der Waals surface area contributed by atoms with E-state index in [1.165, 1.54) is 0 Å². The van der Waals surface area contributed by atoms with E-state index < -0.39 is 10.0 Å². The molecular weight excluding hydrogens is 368 g/mol. The zero-order valence-electron chi connectivity index (χ0n) is 15.7. The van der Waals surface area contributed by atoms with Crippen LogP contribution in [-0.2, 0) is 10.0 Å². The van der Waals surface area contributed by atoms with Crippen LogP contribution in [0.25, 0.3) is 22.0 Å². The summed E-state index contributed by atoms with van der Waals surface area (Å²) in [5.74, 6) is 0.303. The van der Waals surface area contributed by atoms with Crippen molar-refractivity contribution < 1.29 is 8.42 Å². The summed E-state index contributed by atoms with van der Waals surface area (Å²) < 4.78 is 28.1. The van der Waals surface area contributed by atoms with Crippen LogP contribution in [0.1, 0.15) is 11.1 Å². The molecule has 0 spiro atoms. The highest BCUT2D eigenvalue weighted by molar-refractivity contribution is 7.92. The first-order valence-corrected chi connectivity index (χ1v) is 10.5. The van der Waals surface area contributed by atoms with Crippen molar-refractivity contribution >= 4 is 26.6 Å². The summed E-state index contributed by atoms with van der Waals surface area (Å²) in [7, 11) is -3.71. The maximum Gasteiger partial charge on any atom is 0.263 e. The largest absolute Gasteiger partial charge is 0.263 e. The maximum atomic E-state index is 12.7. The van der Waals surface area contributed by atoms with Crippen LogP contribution in [0.3, 0.4) is 0 Å². The SMILES string of the molecule is Cc1cc(C)cc(-c2nc(NS(=O)(=O)c3ccccc3)cc3ccccc23)c1. The third-order valence-electron chi connectivity index (χ3n) is 4.53. The molecule has 0 radical (unpaired) electrons. The van der Waals surface area contributed by atoms with Crippen LogP contribution in [0, 0.1) is 13.8 Å². The highest BCUT2D eigenvalue weighted by Crippen LogP contribution is 2.31. The number of aryl methyl sites for hydroxylation is 2. The van der Waals surface area contributed by atoms with Gasteiger partial charge in [-0.3, -0.25) is 4.72 Å². The normalized spacial score (nSPS) is 11.5. The van der Waals surface area contributed by atoms with Crippen molar-refractivity contribution in [1.82, 2.24) is 4.98 Å². The van der Waals surface area contributed by atoms with Crippen molar-refractivity contribution in [3.8, 4) is 11.3 Å². The molecule has 4 aromatic rings. The first kappa shape index (κ1) is 18.2. The van der Waals surface area contributed by atoms with Crippen LogP contribution >= 0.6 is 0 Å². The number of pyridine rings is 1. The van der Waals surface area contributed by atoms with Crippen LogP contribution in [0.15, 0.2) is 83.8 Å². The van der Waals surface area contributed by atoms with Crippen molar-refractivity contribution in [2.24, 2.45) is 0 Å². The lowest BCUT2D eigenvalue weighted by molar-refractivity contribution is 0.601. The molecule has 5 heteroatoms. The number of fused-ring (bicyclic) bond motifs is 1. The Balaban J connectivity index is 1.87. The Labute approximate surface area is 164 Å². The minimum Gasteiger partial charge on any atom is -0.263 e. The number of nitrogens with zero attached hydrogens (tertiary/aromatic N) is 1. The van der Waals surface area contributed by atoms with E-state index in [1.54, 1.807) is 36.4 Å². The topological polar surface area (TPSA) is 59.1 Å². The number of hydrogen-bond acceptors (Lipinski definition) is 3. The molecule has 0 atom stereocenters. The fraction of sp³-hybridized carbons (Fsp3) is 0.0870. The zero-order valence-corrected chi connectivity index (χ0v) is 16.5. The van der Waals surface area contributed by atoms with Crippen molar-refractivity contribution in [2.75, 3.05) is 4.72 Å². The van der Waals surface area contributed by atoms with Gasteiger partial charge in [-0.25, -0.2) is 13.4 Å². The third-order valence-corrected chi connectivity index (χ3v) is 5.90. The number of sulfonamides is 1. The second kappa shape index (κ2) is 7.09. The molecule has 0 unspecified atom stereocenters. The Bertz CT molecular complexity index is 1250. The summed E-state index contributed by atoms with van der Waals surface area (Å²) in [5, 5.41) is 1.91. The number of nitrogens with one attached hydrogen (secondary N) is 1. The van der Waals surface area contributed by atoms with Gasteiger partial charge in [-0.1, -0.05) is 59.7 Å². The van der Waals surface area contributed by atoms with Crippen molar-refractivity contribution in [2.45, 2.75) is 18.7 Å². The molecule has 4 rings (SSSR count). The predicted octanol–water partition coefficient (Wildman–Crippen LogP) is 5.32. The Hall–Kier alpha value is -3.18. The lowest BCUT2D eigenvalue weighted by atomic mass is 10.0. The van der Waals surface area contributed by atoms with Crippen LogP contribution < -0.4 is 4.72 Å². The second-order valence-electron chi connectivity index (χ2n) is 6.87. The van der Waals surface area contributed by atoms with E-state index in [0.29, 0.717) is 5.82 Å². The highest BCUT2D eigenvalue weighted by atomic mass is 32.2. The summed E-state index contributed by atoms with van der Waals surface area (Å²) in [5.41, 5.74) is 4.00. The number of benzene rings is 3. The van der Waals surface area contributed by atoms with Gasteiger partial charge in [0.25, 0.3) is 10.0 Å². The fourth-order valence-corrected chi connectivity index (χ4v) is 4.39. The number of hydrogen-bond donors (Lipinski definition) is 1. The van der Waals surface area contributed by atoms with Crippen molar-refractivity contribution in [3.63, 3.8) is 0 Å². The van der Waals surface area contributed by atoms with Gasteiger partial charge in [0.15, 0.2) is 0 Å². The van der Waals surface area contributed by atoms with E-state index in [4.69, 9.17) is 0 Å². The summed E-state index contributed by atoms with van der Waals surface area (Å²) in [4.78, 5) is 4.88. The Kier molecular flexibility index (Phi) is 4.61. The van der Waals surface area contributed by atoms with Gasteiger partial charge in [0.2, 0.25) is 0 Å². The average molecular weight is 388 g/mol. The maximum absolute atomic E-state index is 12.7. The average Bonchev–Trinajstić information content (AvgIpc) is 2.67. The monoisotopic (exact) mass is 388 g/mol. The minimum absolute atomic E-state index is 0.206. The van der Waals surface area contributed by atoms with E-state index in [2.05, 4.69) is 27.9 Å². The fourth-order valence-electron chi connectivity index (χ4n) is 3.38. The van der Waals surface area contributed by atoms with E-state index in [-0.39, 0.29) is 4.90 Å². The second-order valence-corrected chi connectivity index (χ2v) is 8.55. The molecule has 1 aromatic heterocycles. The zero-order chi connectivity index (χ0) is 19.7.